The number of nitrogens with zero attached hydrogens (tertiary/aromatic N) is 3. The second-order valence-electron chi connectivity index (χ2n) is 8.58. The van der Waals surface area contributed by atoms with Gasteiger partial charge in [-0.2, -0.15) is 5.10 Å². The molecule has 168 valence electrons. The fourth-order valence-corrected chi connectivity index (χ4v) is 4.67. The van der Waals surface area contributed by atoms with Crippen molar-refractivity contribution in [3.05, 3.63) is 59.4 Å². The summed E-state index contributed by atoms with van der Waals surface area (Å²) in [5, 5.41) is 6.12. The minimum atomic E-state index is -0.273. The molecular weight excluding hydrogens is 409 g/mol. The molecule has 2 heterocycles. The van der Waals surface area contributed by atoms with Crippen LogP contribution in [0.4, 0.5) is 10.1 Å². The molecule has 0 bridgehead atoms. The highest BCUT2D eigenvalue weighted by Gasteiger charge is 2.34. The fraction of sp³-hybridized carbons (Fsp3) is 0.440. The van der Waals surface area contributed by atoms with Gasteiger partial charge in [-0.3, -0.25) is 9.69 Å². The zero-order chi connectivity index (χ0) is 21.9. The molecule has 2 aromatic rings. The van der Waals surface area contributed by atoms with Crippen LogP contribution in [0.5, 0.6) is 5.75 Å². The second kappa shape index (κ2) is 9.38. The first-order valence-electron chi connectivity index (χ1n) is 11.4. The van der Waals surface area contributed by atoms with E-state index in [9.17, 15) is 9.18 Å². The van der Waals surface area contributed by atoms with Gasteiger partial charge < -0.3 is 9.47 Å². The van der Waals surface area contributed by atoms with Crippen molar-refractivity contribution in [2.75, 3.05) is 44.5 Å². The summed E-state index contributed by atoms with van der Waals surface area (Å²) in [6.07, 6.45) is 3.07. The van der Waals surface area contributed by atoms with Crippen molar-refractivity contribution in [1.29, 1.82) is 0 Å². The van der Waals surface area contributed by atoms with E-state index >= 15 is 0 Å². The molecule has 0 aromatic heterocycles. The van der Waals surface area contributed by atoms with Crippen LogP contribution in [0.2, 0.25) is 0 Å². The van der Waals surface area contributed by atoms with Crippen molar-refractivity contribution in [3.63, 3.8) is 0 Å². The Balaban J connectivity index is 1.24. The lowest BCUT2D eigenvalue weighted by Crippen LogP contribution is -2.39. The Bertz CT molecular complexity index is 1000. The van der Waals surface area contributed by atoms with Gasteiger partial charge in [0, 0.05) is 37.5 Å². The van der Waals surface area contributed by atoms with E-state index in [0.717, 1.165) is 74.7 Å². The quantitative estimate of drug-likeness (QED) is 0.648. The Hall–Kier alpha value is -2.77. The van der Waals surface area contributed by atoms with Gasteiger partial charge >= 0.3 is 0 Å². The van der Waals surface area contributed by atoms with Gasteiger partial charge in [0.25, 0.3) is 0 Å². The highest BCUT2D eigenvalue weighted by Crippen LogP contribution is 2.34. The normalized spacial score (nSPS) is 21.0. The second-order valence-corrected chi connectivity index (χ2v) is 8.58. The van der Waals surface area contributed by atoms with Crippen LogP contribution < -0.4 is 9.75 Å². The van der Waals surface area contributed by atoms with E-state index in [4.69, 9.17) is 9.47 Å². The van der Waals surface area contributed by atoms with Gasteiger partial charge in [0.05, 0.1) is 31.2 Å². The molecule has 2 aromatic carbocycles. The van der Waals surface area contributed by atoms with Gasteiger partial charge in [0.2, 0.25) is 5.91 Å². The number of ether oxygens (including phenoxy) is 2. The van der Waals surface area contributed by atoms with Crippen molar-refractivity contribution < 1.29 is 18.7 Å². The Morgan fingerprint density at radius 1 is 1.12 bits per heavy atom. The first kappa shape index (κ1) is 21.1. The molecule has 1 fully saturated rings. The standard InChI is InChI=1S/C25H28FN3O3/c26-20-5-4-18-2-3-19-16-24(30)29(27-25(19)23(18)17-20)21-6-8-22(9-7-21)32-13-1-10-28-11-14-31-15-12-28/h4-9,17,19H,1-3,10-16H2. The van der Waals surface area contributed by atoms with Crippen LogP contribution in [0.15, 0.2) is 47.6 Å². The number of fused-ring (bicyclic) bond motifs is 3. The summed E-state index contributed by atoms with van der Waals surface area (Å²) < 4.78 is 25.1. The lowest BCUT2D eigenvalue weighted by Gasteiger charge is -2.33. The van der Waals surface area contributed by atoms with Crippen molar-refractivity contribution in [2.24, 2.45) is 11.0 Å². The number of benzene rings is 2. The van der Waals surface area contributed by atoms with Gasteiger partial charge in [0.1, 0.15) is 11.6 Å². The summed E-state index contributed by atoms with van der Waals surface area (Å²) in [5.41, 5.74) is 3.44. The van der Waals surface area contributed by atoms with E-state index < -0.39 is 0 Å². The summed E-state index contributed by atoms with van der Waals surface area (Å²) in [5.74, 6) is 0.529. The van der Waals surface area contributed by atoms with E-state index in [1.165, 1.54) is 11.1 Å². The van der Waals surface area contributed by atoms with Gasteiger partial charge in [0.15, 0.2) is 0 Å². The molecule has 6 nitrogen and oxygen atoms in total. The van der Waals surface area contributed by atoms with Gasteiger partial charge in [-0.15, -0.1) is 0 Å². The molecule has 5 rings (SSSR count). The van der Waals surface area contributed by atoms with Gasteiger partial charge in [-0.05, 0) is 61.2 Å². The number of carbonyl (C=O) groups excluding carboxylic acids is 1. The largest absolute Gasteiger partial charge is 0.494 e. The molecule has 0 spiro atoms. The summed E-state index contributed by atoms with van der Waals surface area (Å²) in [7, 11) is 0. The van der Waals surface area contributed by atoms with E-state index in [-0.39, 0.29) is 17.6 Å². The summed E-state index contributed by atoms with van der Waals surface area (Å²) in [6.45, 7) is 5.24. The number of morpholine rings is 1. The van der Waals surface area contributed by atoms with E-state index in [2.05, 4.69) is 10.0 Å². The maximum absolute atomic E-state index is 13.9. The van der Waals surface area contributed by atoms with Crippen LogP contribution in [0.25, 0.3) is 0 Å². The molecule has 1 aliphatic carbocycles. The Morgan fingerprint density at radius 3 is 2.75 bits per heavy atom. The molecule has 1 unspecified atom stereocenters. The van der Waals surface area contributed by atoms with E-state index in [1.807, 2.05) is 30.3 Å². The van der Waals surface area contributed by atoms with E-state index in [0.29, 0.717) is 18.7 Å². The number of hydrogen-bond acceptors (Lipinski definition) is 5. The molecule has 3 aliphatic rings. The van der Waals surface area contributed by atoms with Crippen LogP contribution in [0, 0.1) is 11.7 Å². The van der Waals surface area contributed by atoms with Crippen molar-refractivity contribution in [2.45, 2.75) is 25.7 Å². The summed E-state index contributed by atoms with van der Waals surface area (Å²) >= 11 is 0. The third-order valence-electron chi connectivity index (χ3n) is 6.43. The molecule has 1 amide bonds. The maximum atomic E-state index is 13.9. The van der Waals surface area contributed by atoms with Gasteiger partial charge in [-0.25, -0.2) is 9.40 Å². The number of amides is 1. The number of halogens is 1. The van der Waals surface area contributed by atoms with Crippen molar-refractivity contribution >= 4 is 17.3 Å². The lowest BCUT2D eigenvalue weighted by molar-refractivity contribution is -0.119. The predicted octanol–water partition coefficient (Wildman–Crippen LogP) is 3.63. The monoisotopic (exact) mass is 437 g/mol. The van der Waals surface area contributed by atoms with Crippen LogP contribution >= 0.6 is 0 Å². The molecule has 2 aliphatic heterocycles. The molecule has 32 heavy (non-hydrogen) atoms. The zero-order valence-electron chi connectivity index (χ0n) is 18.1. The molecule has 1 saturated heterocycles. The number of hydrogen-bond donors (Lipinski definition) is 0. The Kier molecular flexibility index (Phi) is 6.19. The van der Waals surface area contributed by atoms with Crippen LogP contribution in [0.3, 0.4) is 0 Å². The van der Waals surface area contributed by atoms with Crippen molar-refractivity contribution in [3.8, 4) is 5.75 Å². The van der Waals surface area contributed by atoms with E-state index in [1.54, 1.807) is 6.07 Å². The van der Waals surface area contributed by atoms with Crippen LogP contribution in [-0.4, -0.2) is 56.0 Å². The first-order valence-corrected chi connectivity index (χ1v) is 11.4. The third kappa shape index (κ3) is 4.54. The van der Waals surface area contributed by atoms with Crippen LogP contribution in [0.1, 0.15) is 30.4 Å². The average Bonchev–Trinajstić information content (AvgIpc) is 2.82. The lowest BCUT2D eigenvalue weighted by atomic mass is 9.79. The number of hydrazone groups is 1. The molecular formula is C25H28FN3O3. The zero-order valence-corrected chi connectivity index (χ0v) is 18.1. The number of anilines is 1. The predicted molar refractivity (Wildman–Crippen MR) is 121 cm³/mol. The highest BCUT2D eigenvalue weighted by molar-refractivity contribution is 6.11. The summed E-state index contributed by atoms with van der Waals surface area (Å²) in [4.78, 5) is 15.2. The van der Waals surface area contributed by atoms with Crippen molar-refractivity contribution in [1.82, 2.24) is 4.90 Å². The first-order chi connectivity index (χ1) is 15.7. The topological polar surface area (TPSA) is 54.4 Å². The molecule has 0 radical (unpaired) electrons. The average molecular weight is 438 g/mol. The minimum absolute atomic E-state index is 0.0298. The smallest absolute Gasteiger partial charge is 0.248 e. The molecule has 7 heteroatoms. The maximum Gasteiger partial charge on any atom is 0.248 e. The Morgan fingerprint density at radius 2 is 1.94 bits per heavy atom. The molecule has 1 atom stereocenters. The molecule has 0 N–H and O–H groups in total. The highest BCUT2D eigenvalue weighted by atomic mass is 19.1. The van der Waals surface area contributed by atoms with Gasteiger partial charge in [-0.1, -0.05) is 6.07 Å². The Labute approximate surface area is 187 Å². The minimum Gasteiger partial charge on any atom is -0.494 e. The number of aryl methyl sites for hydroxylation is 1. The SMILES string of the molecule is O=C1CC2CCc3ccc(F)cc3C2=NN1c1ccc(OCCCN2CCOCC2)cc1. The third-order valence-corrected chi connectivity index (χ3v) is 6.43. The number of carbonyl (C=O) groups is 1. The summed E-state index contributed by atoms with van der Waals surface area (Å²) in [6, 6.07) is 12.3. The molecule has 0 saturated carbocycles. The number of rotatable bonds is 6. The van der Waals surface area contributed by atoms with Crippen LogP contribution in [-0.2, 0) is 16.0 Å². The fourth-order valence-electron chi connectivity index (χ4n) is 4.67.